The first kappa shape index (κ1) is 21.6. The summed E-state index contributed by atoms with van der Waals surface area (Å²) in [5.41, 5.74) is 4.15. The number of para-hydroxylation sites is 1. The van der Waals surface area contributed by atoms with Crippen LogP contribution < -0.4 is 14.9 Å². The molecule has 0 fully saturated rings. The predicted molar refractivity (Wildman–Crippen MR) is 123 cm³/mol. The first-order valence-electron chi connectivity index (χ1n) is 9.61. The van der Waals surface area contributed by atoms with Crippen molar-refractivity contribution in [3.63, 3.8) is 0 Å². The van der Waals surface area contributed by atoms with Crippen LogP contribution in [0.25, 0.3) is 11.0 Å². The Morgan fingerprint density at radius 3 is 2.72 bits per heavy atom. The predicted octanol–water partition coefficient (Wildman–Crippen LogP) is 5.69. The zero-order chi connectivity index (χ0) is 22.5. The van der Waals surface area contributed by atoms with Crippen LogP contribution in [0.5, 0.6) is 11.5 Å². The SMILES string of the molecule is COc1cc(/C=N/NC(=O)c2cc3ccccc3o2)cc(Br)c1OCc1ccccc1F. The Kier molecular flexibility index (Phi) is 6.51. The molecule has 0 spiro atoms. The van der Waals surface area contributed by atoms with Gasteiger partial charge in [0.15, 0.2) is 17.3 Å². The van der Waals surface area contributed by atoms with E-state index in [1.807, 2.05) is 18.2 Å². The van der Waals surface area contributed by atoms with Crippen LogP contribution in [0.15, 0.2) is 80.7 Å². The largest absolute Gasteiger partial charge is 0.493 e. The Labute approximate surface area is 191 Å². The molecule has 1 heterocycles. The Hall–Kier alpha value is -3.65. The molecule has 1 amide bonds. The van der Waals surface area contributed by atoms with Gasteiger partial charge >= 0.3 is 5.91 Å². The third kappa shape index (κ3) is 4.81. The lowest BCUT2D eigenvalue weighted by Crippen LogP contribution is -2.16. The summed E-state index contributed by atoms with van der Waals surface area (Å²) in [6, 6.07) is 18.8. The highest BCUT2D eigenvalue weighted by Gasteiger charge is 2.14. The lowest BCUT2D eigenvalue weighted by Gasteiger charge is -2.14. The molecule has 3 aromatic carbocycles. The van der Waals surface area contributed by atoms with E-state index >= 15 is 0 Å². The molecule has 1 aromatic heterocycles. The van der Waals surface area contributed by atoms with Crippen molar-refractivity contribution >= 4 is 39.0 Å². The number of carbonyl (C=O) groups is 1. The molecule has 162 valence electrons. The molecule has 4 rings (SSSR count). The summed E-state index contributed by atoms with van der Waals surface area (Å²) in [4.78, 5) is 12.3. The van der Waals surface area contributed by atoms with E-state index in [1.165, 1.54) is 19.4 Å². The Balaban J connectivity index is 1.45. The molecule has 8 heteroatoms. The van der Waals surface area contributed by atoms with Crippen molar-refractivity contribution < 1.29 is 23.1 Å². The molecule has 0 saturated carbocycles. The van der Waals surface area contributed by atoms with Crippen molar-refractivity contribution in [2.24, 2.45) is 5.10 Å². The molecular formula is C24H18BrFN2O4. The van der Waals surface area contributed by atoms with Gasteiger partial charge in [-0.3, -0.25) is 4.79 Å². The number of hydrogen-bond donors (Lipinski definition) is 1. The van der Waals surface area contributed by atoms with Crippen molar-refractivity contribution in [3.8, 4) is 11.5 Å². The minimum Gasteiger partial charge on any atom is -0.493 e. The molecule has 1 N–H and O–H groups in total. The van der Waals surface area contributed by atoms with E-state index < -0.39 is 5.91 Å². The summed E-state index contributed by atoms with van der Waals surface area (Å²) in [5, 5.41) is 4.82. The number of benzene rings is 3. The fraction of sp³-hybridized carbons (Fsp3) is 0.0833. The minimum atomic E-state index is -0.465. The highest BCUT2D eigenvalue weighted by molar-refractivity contribution is 9.10. The average molecular weight is 497 g/mol. The number of rotatable bonds is 7. The molecule has 0 bridgehead atoms. The Morgan fingerprint density at radius 1 is 1.16 bits per heavy atom. The molecule has 0 aliphatic carbocycles. The highest BCUT2D eigenvalue weighted by atomic mass is 79.9. The van der Waals surface area contributed by atoms with Gasteiger partial charge in [0.25, 0.3) is 0 Å². The van der Waals surface area contributed by atoms with Gasteiger partial charge in [-0.1, -0.05) is 36.4 Å². The molecule has 0 atom stereocenters. The maximum Gasteiger partial charge on any atom is 0.307 e. The first-order chi connectivity index (χ1) is 15.5. The third-order valence-electron chi connectivity index (χ3n) is 4.61. The monoisotopic (exact) mass is 496 g/mol. The zero-order valence-corrected chi connectivity index (χ0v) is 18.6. The third-order valence-corrected chi connectivity index (χ3v) is 5.20. The van der Waals surface area contributed by atoms with Crippen LogP contribution in [0.1, 0.15) is 21.7 Å². The topological polar surface area (TPSA) is 73.1 Å². The smallest absolute Gasteiger partial charge is 0.307 e. The molecule has 0 aliphatic heterocycles. The van der Waals surface area contributed by atoms with Crippen LogP contribution >= 0.6 is 15.9 Å². The first-order valence-corrected chi connectivity index (χ1v) is 10.4. The summed E-state index contributed by atoms with van der Waals surface area (Å²) in [6.07, 6.45) is 1.47. The number of fused-ring (bicyclic) bond motifs is 1. The molecule has 0 saturated heterocycles. The number of hydrazone groups is 1. The van der Waals surface area contributed by atoms with Gasteiger partial charge in [0, 0.05) is 10.9 Å². The van der Waals surface area contributed by atoms with Gasteiger partial charge in [-0.25, -0.2) is 9.82 Å². The van der Waals surface area contributed by atoms with Crippen molar-refractivity contribution in [2.45, 2.75) is 6.61 Å². The van der Waals surface area contributed by atoms with Crippen molar-refractivity contribution in [1.29, 1.82) is 0 Å². The van der Waals surface area contributed by atoms with Crippen LogP contribution in [-0.2, 0) is 6.61 Å². The van der Waals surface area contributed by atoms with E-state index in [4.69, 9.17) is 13.9 Å². The highest BCUT2D eigenvalue weighted by Crippen LogP contribution is 2.37. The average Bonchev–Trinajstić information content (AvgIpc) is 3.23. The number of nitrogens with zero attached hydrogens (tertiary/aromatic N) is 1. The number of nitrogens with one attached hydrogen (secondary N) is 1. The Morgan fingerprint density at radius 2 is 1.94 bits per heavy atom. The lowest BCUT2D eigenvalue weighted by molar-refractivity contribution is 0.0929. The molecule has 6 nitrogen and oxygen atoms in total. The summed E-state index contributed by atoms with van der Waals surface area (Å²) in [7, 11) is 1.50. The molecule has 32 heavy (non-hydrogen) atoms. The van der Waals surface area contributed by atoms with Crippen molar-refractivity contribution in [3.05, 3.63) is 93.9 Å². The number of hydrogen-bond acceptors (Lipinski definition) is 5. The quantitative estimate of drug-likeness (QED) is 0.263. The molecular weight excluding hydrogens is 479 g/mol. The van der Waals surface area contributed by atoms with Gasteiger partial charge < -0.3 is 13.9 Å². The van der Waals surface area contributed by atoms with E-state index in [1.54, 1.807) is 42.5 Å². The Bertz CT molecular complexity index is 1270. The van der Waals surface area contributed by atoms with E-state index in [0.29, 0.717) is 32.7 Å². The molecule has 0 radical (unpaired) electrons. The normalized spacial score (nSPS) is 11.1. The van der Waals surface area contributed by atoms with E-state index in [2.05, 4.69) is 26.5 Å². The van der Waals surface area contributed by atoms with E-state index in [9.17, 15) is 9.18 Å². The van der Waals surface area contributed by atoms with Crippen LogP contribution in [0, 0.1) is 5.82 Å². The number of methoxy groups -OCH3 is 1. The lowest BCUT2D eigenvalue weighted by atomic mass is 10.2. The maximum atomic E-state index is 13.8. The molecule has 4 aromatic rings. The summed E-state index contributed by atoms with van der Waals surface area (Å²) in [5.74, 6) is 0.221. The summed E-state index contributed by atoms with van der Waals surface area (Å²) in [6.45, 7) is 0.0443. The maximum absolute atomic E-state index is 13.8. The second-order valence-electron chi connectivity index (χ2n) is 6.76. The van der Waals surface area contributed by atoms with Gasteiger partial charge in [0.05, 0.1) is 17.8 Å². The second-order valence-corrected chi connectivity index (χ2v) is 7.62. The van der Waals surface area contributed by atoms with Crippen LogP contribution in [-0.4, -0.2) is 19.2 Å². The zero-order valence-electron chi connectivity index (χ0n) is 17.0. The van der Waals surface area contributed by atoms with Gasteiger partial charge in [0.1, 0.15) is 18.0 Å². The van der Waals surface area contributed by atoms with Crippen molar-refractivity contribution in [1.82, 2.24) is 5.43 Å². The van der Waals surface area contributed by atoms with Gasteiger partial charge in [-0.2, -0.15) is 5.10 Å². The second kappa shape index (κ2) is 9.65. The molecule has 0 unspecified atom stereocenters. The standard InChI is InChI=1S/C24H18BrFN2O4/c1-30-21-11-15(10-18(25)23(21)31-14-17-7-2-4-8-19(17)26)13-27-28-24(29)22-12-16-6-3-5-9-20(16)32-22/h2-13H,14H2,1H3,(H,28,29)/b27-13+. The van der Waals surface area contributed by atoms with Gasteiger partial charge in [-0.05, 0) is 51.8 Å². The van der Waals surface area contributed by atoms with E-state index in [0.717, 1.165) is 5.39 Å². The van der Waals surface area contributed by atoms with Crippen LogP contribution in [0.3, 0.4) is 0 Å². The fourth-order valence-electron chi connectivity index (χ4n) is 3.03. The van der Waals surface area contributed by atoms with Crippen molar-refractivity contribution in [2.75, 3.05) is 7.11 Å². The van der Waals surface area contributed by atoms with Gasteiger partial charge in [-0.15, -0.1) is 0 Å². The minimum absolute atomic E-state index is 0.0443. The number of halogens is 2. The fourth-order valence-corrected chi connectivity index (χ4v) is 3.61. The van der Waals surface area contributed by atoms with E-state index in [-0.39, 0.29) is 18.2 Å². The number of carbonyl (C=O) groups excluding carboxylic acids is 1. The summed E-state index contributed by atoms with van der Waals surface area (Å²) < 4.78 is 31.1. The van der Waals surface area contributed by atoms with Gasteiger partial charge in [0.2, 0.25) is 0 Å². The molecule has 0 aliphatic rings. The van der Waals surface area contributed by atoms with Crippen LogP contribution in [0.2, 0.25) is 0 Å². The summed E-state index contributed by atoms with van der Waals surface area (Å²) >= 11 is 3.45. The van der Waals surface area contributed by atoms with Crippen LogP contribution in [0.4, 0.5) is 4.39 Å². The number of furan rings is 1. The number of amides is 1. The number of ether oxygens (including phenoxy) is 2.